The number of unbranched alkanes of at least 4 members (excludes halogenated alkanes) is 1. The minimum atomic E-state index is -1.48. The van der Waals surface area contributed by atoms with Crippen molar-refractivity contribution < 1.29 is 43.0 Å². The van der Waals surface area contributed by atoms with Gasteiger partial charge in [-0.3, -0.25) is 9.28 Å². The van der Waals surface area contributed by atoms with E-state index in [1.165, 1.54) is 51.9 Å². The molecule has 1 atom stereocenters. The molecule has 1 unspecified atom stereocenters. The van der Waals surface area contributed by atoms with E-state index in [9.17, 15) is 24.3 Å². The number of aliphatic carboxylic acids is 1. The smallest absolute Gasteiger partial charge is 0.415 e. The molecule has 12 heteroatoms. The third kappa shape index (κ3) is 11.2. The Balaban J connectivity index is 2.06. The summed E-state index contributed by atoms with van der Waals surface area (Å²) in [7, 11) is 6.03. The quantitative estimate of drug-likeness (QED) is 0.0645. The van der Waals surface area contributed by atoms with Crippen LogP contribution in [0.4, 0.5) is 4.79 Å². The third-order valence-corrected chi connectivity index (χ3v) is 7.76. The molecule has 12 nitrogen and oxygen atoms in total. The number of benzene rings is 1. The van der Waals surface area contributed by atoms with Crippen molar-refractivity contribution in [3.05, 3.63) is 29.8 Å². The van der Waals surface area contributed by atoms with Crippen molar-refractivity contribution >= 4 is 23.9 Å². The van der Waals surface area contributed by atoms with E-state index < -0.39 is 29.5 Å². The highest BCUT2D eigenvalue weighted by Gasteiger charge is 2.38. The number of amides is 3. The van der Waals surface area contributed by atoms with E-state index in [1.54, 1.807) is 25.2 Å². The first-order valence-electron chi connectivity index (χ1n) is 15.1. The van der Waals surface area contributed by atoms with E-state index in [-0.39, 0.29) is 23.3 Å². The van der Waals surface area contributed by atoms with Gasteiger partial charge in [-0.25, -0.2) is 14.4 Å². The number of carbonyl (C=O) groups excluding carboxylic acids is 3. The molecule has 240 valence electrons. The van der Waals surface area contributed by atoms with Gasteiger partial charge in [-0.2, -0.15) is 0 Å². The summed E-state index contributed by atoms with van der Waals surface area (Å²) in [6.45, 7) is 3.35. The minimum absolute atomic E-state index is 0.0776. The highest BCUT2D eigenvalue weighted by atomic mass is 16.6. The standard InChI is InChI=1S/C31H48N4O8/c1-6-7-20-35(3,21-19-34(2)31(40)43-28-25(41-4)15-12-16-26(28)42-5)29(37)24(30(38)39)22-27(36)33-18-17-32-23-13-10-8-9-11-14-23/h12,15-16,22-23,32H,6-11,13-14,17-21H2,1-5H3,(H-,33,36,38,39)/p+1. The van der Waals surface area contributed by atoms with Crippen LogP contribution in [-0.4, -0.2) is 105 Å². The van der Waals surface area contributed by atoms with E-state index in [0.29, 0.717) is 43.6 Å². The SMILES string of the molecule is CCCC[N+](C)(CCN(C)C(=O)Oc1c(OC)cccc1OC)C(=O)C(=CC(=O)NCCNC1CCCCCC1)C(=O)O. The van der Waals surface area contributed by atoms with Crippen molar-refractivity contribution in [1.82, 2.24) is 15.5 Å². The molecule has 3 N–H and O–H groups in total. The Labute approximate surface area is 254 Å². The van der Waals surface area contributed by atoms with Gasteiger partial charge in [0.2, 0.25) is 11.7 Å². The number of rotatable bonds is 16. The minimum Gasteiger partial charge on any atom is -0.493 e. The fraction of sp³-hybridized carbons (Fsp3) is 0.613. The lowest BCUT2D eigenvalue weighted by Gasteiger charge is -2.33. The number of carboxylic acids is 1. The molecule has 1 aromatic rings. The molecule has 0 aromatic heterocycles. The maximum absolute atomic E-state index is 13.6. The van der Waals surface area contributed by atoms with E-state index in [2.05, 4.69) is 10.6 Å². The average Bonchev–Trinajstić information content (AvgIpc) is 3.28. The van der Waals surface area contributed by atoms with Gasteiger partial charge in [0, 0.05) is 32.3 Å². The van der Waals surface area contributed by atoms with Gasteiger partial charge >= 0.3 is 18.0 Å². The molecule has 1 aliphatic carbocycles. The number of para-hydroxylation sites is 1. The van der Waals surface area contributed by atoms with Gasteiger partial charge in [-0.05, 0) is 31.4 Å². The molecule has 0 spiro atoms. The molecule has 0 heterocycles. The van der Waals surface area contributed by atoms with Crippen LogP contribution in [-0.2, 0) is 14.4 Å². The molecule has 43 heavy (non-hydrogen) atoms. The number of hydrogen-bond donors (Lipinski definition) is 3. The summed E-state index contributed by atoms with van der Waals surface area (Å²) < 4.78 is 15.8. The van der Waals surface area contributed by atoms with Crippen LogP contribution in [0.2, 0.25) is 0 Å². The zero-order valence-corrected chi connectivity index (χ0v) is 26.3. The van der Waals surface area contributed by atoms with E-state index >= 15 is 0 Å². The lowest BCUT2D eigenvalue weighted by molar-refractivity contribution is -0.832. The second-order valence-corrected chi connectivity index (χ2v) is 11.1. The largest absolute Gasteiger partial charge is 0.493 e. The van der Waals surface area contributed by atoms with E-state index in [1.807, 2.05) is 6.92 Å². The number of ether oxygens (including phenoxy) is 3. The highest BCUT2D eigenvalue weighted by molar-refractivity contribution is 6.16. The predicted molar refractivity (Wildman–Crippen MR) is 162 cm³/mol. The monoisotopic (exact) mass is 605 g/mol. The first-order valence-corrected chi connectivity index (χ1v) is 15.1. The molecular formula is C31H49N4O8+. The van der Waals surface area contributed by atoms with Gasteiger partial charge in [0.05, 0.1) is 34.4 Å². The predicted octanol–water partition coefficient (Wildman–Crippen LogP) is 3.35. The van der Waals surface area contributed by atoms with Crippen molar-refractivity contribution in [2.45, 2.75) is 64.3 Å². The van der Waals surface area contributed by atoms with Crippen LogP contribution < -0.4 is 24.8 Å². The Morgan fingerprint density at radius 2 is 1.65 bits per heavy atom. The molecule has 1 fully saturated rings. The van der Waals surface area contributed by atoms with Gasteiger partial charge in [-0.15, -0.1) is 0 Å². The van der Waals surface area contributed by atoms with Gasteiger partial charge in [0.25, 0.3) is 0 Å². The van der Waals surface area contributed by atoms with E-state index in [4.69, 9.17) is 14.2 Å². The van der Waals surface area contributed by atoms with Gasteiger partial charge in [0.1, 0.15) is 6.54 Å². The number of nitrogens with one attached hydrogen (secondary N) is 2. The normalized spacial score (nSPS) is 15.5. The summed E-state index contributed by atoms with van der Waals surface area (Å²) in [6, 6.07) is 5.39. The van der Waals surface area contributed by atoms with Crippen molar-refractivity contribution in [2.24, 2.45) is 0 Å². The molecule has 0 aliphatic heterocycles. The number of likely N-dealkylation sites (N-methyl/N-ethyl adjacent to an activating group) is 2. The second kappa shape index (κ2) is 18.1. The summed E-state index contributed by atoms with van der Waals surface area (Å²) in [5.41, 5.74) is -0.600. The van der Waals surface area contributed by atoms with Gasteiger partial charge in [-0.1, -0.05) is 45.1 Å². The van der Waals surface area contributed by atoms with Crippen LogP contribution >= 0.6 is 0 Å². The molecule has 1 aromatic carbocycles. The Kier molecular flexibility index (Phi) is 15.0. The summed E-state index contributed by atoms with van der Waals surface area (Å²) in [6.07, 6.45) is 8.68. The lowest BCUT2D eigenvalue weighted by atomic mass is 10.1. The molecule has 3 amide bonds. The zero-order chi connectivity index (χ0) is 31.8. The van der Waals surface area contributed by atoms with Crippen molar-refractivity contribution in [3.63, 3.8) is 0 Å². The van der Waals surface area contributed by atoms with Crippen molar-refractivity contribution in [2.75, 3.05) is 61.0 Å². The fourth-order valence-electron chi connectivity index (χ4n) is 5.00. The molecule has 0 radical (unpaired) electrons. The first kappa shape index (κ1) is 35.6. The van der Waals surface area contributed by atoms with Crippen LogP contribution in [0, 0.1) is 0 Å². The average molecular weight is 606 g/mol. The Bertz CT molecular complexity index is 1090. The van der Waals surface area contributed by atoms with Crippen LogP contribution in [0.3, 0.4) is 0 Å². The first-order chi connectivity index (χ1) is 20.6. The number of carboxylic acid groups (broad SMARTS) is 1. The zero-order valence-electron chi connectivity index (χ0n) is 26.3. The summed E-state index contributed by atoms with van der Waals surface area (Å²) in [4.78, 5) is 52.6. The number of quaternary nitrogens is 1. The van der Waals surface area contributed by atoms with E-state index in [0.717, 1.165) is 25.3 Å². The summed E-state index contributed by atoms with van der Waals surface area (Å²) in [5.74, 6) is -2.07. The molecule has 0 bridgehead atoms. The molecule has 0 saturated heterocycles. The Morgan fingerprint density at radius 1 is 1.02 bits per heavy atom. The van der Waals surface area contributed by atoms with Crippen molar-refractivity contribution in [1.29, 1.82) is 0 Å². The van der Waals surface area contributed by atoms with Gasteiger partial charge < -0.3 is 34.9 Å². The number of carbonyl (C=O) groups is 4. The maximum Gasteiger partial charge on any atom is 0.415 e. The number of nitrogens with zero attached hydrogens (tertiary/aromatic N) is 2. The van der Waals surface area contributed by atoms with Crippen LogP contribution in [0.15, 0.2) is 29.8 Å². The molecule has 1 saturated carbocycles. The van der Waals surface area contributed by atoms with Crippen molar-refractivity contribution in [3.8, 4) is 17.2 Å². The van der Waals surface area contributed by atoms with Gasteiger partial charge in [0.15, 0.2) is 17.1 Å². The van der Waals surface area contributed by atoms with Crippen LogP contribution in [0.1, 0.15) is 58.3 Å². The maximum atomic E-state index is 13.6. The fourth-order valence-corrected chi connectivity index (χ4v) is 5.00. The second-order valence-electron chi connectivity index (χ2n) is 11.1. The summed E-state index contributed by atoms with van der Waals surface area (Å²) >= 11 is 0. The topological polar surface area (TPSA) is 143 Å². The lowest BCUT2D eigenvalue weighted by Crippen LogP contribution is -2.55. The van der Waals surface area contributed by atoms with Crippen LogP contribution in [0.5, 0.6) is 17.2 Å². The number of methoxy groups -OCH3 is 2. The molecule has 1 aliphatic rings. The highest BCUT2D eigenvalue weighted by Crippen LogP contribution is 2.37. The Hall–Kier alpha value is -3.64. The van der Waals surface area contributed by atoms with Crippen LogP contribution in [0.25, 0.3) is 0 Å². The summed E-state index contributed by atoms with van der Waals surface area (Å²) in [5, 5.41) is 16.0. The third-order valence-electron chi connectivity index (χ3n) is 7.76. The number of hydrogen-bond acceptors (Lipinski definition) is 8. The molecule has 2 rings (SSSR count). The Morgan fingerprint density at radius 3 is 2.21 bits per heavy atom. The molecular weight excluding hydrogens is 556 g/mol.